The van der Waals surface area contributed by atoms with Crippen molar-refractivity contribution >= 4 is 0 Å². The molecule has 2 N–H and O–H groups in total. The number of aliphatic hydroxyl groups excluding tert-OH is 1. The van der Waals surface area contributed by atoms with Gasteiger partial charge in [-0.3, -0.25) is 4.90 Å². The number of hydrogen-bond donors (Lipinski definition) is 2. The molecule has 9 nitrogen and oxygen atoms in total. The third-order valence-corrected chi connectivity index (χ3v) is 7.92. The number of benzene rings is 2. The average Bonchev–Trinajstić information content (AvgIpc) is 3.36. The molecule has 0 unspecified atom stereocenters. The zero-order valence-electron chi connectivity index (χ0n) is 23.7. The lowest BCUT2D eigenvalue weighted by Crippen LogP contribution is -2.50. The van der Waals surface area contributed by atoms with Gasteiger partial charge in [-0.15, -0.1) is 0 Å². The van der Waals surface area contributed by atoms with Crippen LogP contribution in [0.4, 0.5) is 0 Å². The van der Waals surface area contributed by atoms with E-state index in [4.69, 9.17) is 19.2 Å². The Morgan fingerprint density at radius 2 is 1.88 bits per heavy atom. The molecule has 2 aromatic heterocycles. The van der Waals surface area contributed by atoms with Crippen LogP contribution >= 0.6 is 0 Å². The van der Waals surface area contributed by atoms with E-state index in [0.29, 0.717) is 30.8 Å². The van der Waals surface area contributed by atoms with Gasteiger partial charge in [0.1, 0.15) is 12.4 Å². The van der Waals surface area contributed by atoms with Crippen molar-refractivity contribution in [3.05, 3.63) is 88.1 Å². The first-order valence-electron chi connectivity index (χ1n) is 14.1. The number of hydrogen-bond acceptors (Lipinski definition) is 8. The largest absolute Gasteiger partial charge is 0.488 e. The molecule has 0 saturated carbocycles. The number of para-hydroxylation sites is 1. The molecule has 4 aromatic rings. The highest BCUT2D eigenvalue weighted by Crippen LogP contribution is 2.35. The molecule has 0 amide bonds. The first kappa shape index (κ1) is 27.4. The molecule has 0 radical (unpaired) electrons. The van der Waals surface area contributed by atoms with Crippen LogP contribution in [0.1, 0.15) is 46.6 Å². The third kappa shape index (κ3) is 5.46. The van der Waals surface area contributed by atoms with Crippen molar-refractivity contribution in [2.24, 2.45) is 0 Å². The molecule has 1 saturated heterocycles. The Labute approximate surface area is 239 Å². The summed E-state index contributed by atoms with van der Waals surface area (Å²) in [5, 5.41) is 23.8. The maximum atomic E-state index is 9.75. The quantitative estimate of drug-likeness (QED) is 0.295. The predicted octanol–water partition coefficient (Wildman–Crippen LogP) is 4.27. The Hall–Kier alpha value is -3.76. The standard InChI is InChI=1S/C32H36N4O5/c1-4-40-31-26(32(37)38)15-33-36(31)29-10-6-9-28(34-29)25-8-5-7-20(2)30(25)41-17-22-13-21(3)27-16-35(24-18-39-19-24)12-11-23(27)14-22/h5-10,13-15,24,32,37-38H,4,11-12,16-19H2,1-3H3. The van der Waals surface area contributed by atoms with Crippen molar-refractivity contribution in [1.29, 1.82) is 0 Å². The Morgan fingerprint density at radius 1 is 1.05 bits per heavy atom. The summed E-state index contributed by atoms with van der Waals surface area (Å²) >= 11 is 0. The fraction of sp³-hybridized carbons (Fsp3) is 0.375. The molecule has 0 atom stereocenters. The van der Waals surface area contributed by atoms with Crippen molar-refractivity contribution < 1.29 is 24.4 Å². The van der Waals surface area contributed by atoms with Crippen molar-refractivity contribution in [3.63, 3.8) is 0 Å². The lowest BCUT2D eigenvalue weighted by atomic mass is 9.92. The molecule has 0 spiro atoms. The SMILES string of the molecule is CCOc1c(C(O)O)cnn1-c1cccc(-c2cccc(C)c2OCc2cc(C)c3c(c2)CCN(C2COC2)C3)n1. The van der Waals surface area contributed by atoms with Gasteiger partial charge in [-0.05, 0) is 73.2 Å². The summed E-state index contributed by atoms with van der Waals surface area (Å²) in [7, 11) is 0. The van der Waals surface area contributed by atoms with E-state index >= 15 is 0 Å². The van der Waals surface area contributed by atoms with Crippen LogP contribution < -0.4 is 9.47 Å². The molecular weight excluding hydrogens is 520 g/mol. The Morgan fingerprint density at radius 3 is 2.63 bits per heavy atom. The summed E-state index contributed by atoms with van der Waals surface area (Å²) in [6, 6.07) is 16.8. The van der Waals surface area contributed by atoms with E-state index in [2.05, 4.69) is 29.1 Å². The Kier molecular flexibility index (Phi) is 7.77. The van der Waals surface area contributed by atoms with Gasteiger partial charge in [0.2, 0.25) is 5.88 Å². The van der Waals surface area contributed by atoms with E-state index in [1.807, 2.05) is 44.2 Å². The van der Waals surface area contributed by atoms with Crippen LogP contribution in [0.3, 0.4) is 0 Å². The van der Waals surface area contributed by atoms with Crippen molar-refractivity contribution in [2.45, 2.75) is 52.7 Å². The number of ether oxygens (including phenoxy) is 3. The van der Waals surface area contributed by atoms with E-state index in [0.717, 1.165) is 55.2 Å². The van der Waals surface area contributed by atoms with E-state index in [1.54, 1.807) is 6.07 Å². The monoisotopic (exact) mass is 556 g/mol. The van der Waals surface area contributed by atoms with Gasteiger partial charge in [-0.25, -0.2) is 4.98 Å². The maximum absolute atomic E-state index is 9.75. The van der Waals surface area contributed by atoms with Crippen molar-refractivity contribution in [1.82, 2.24) is 19.7 Å². The minimum atomic E-state index is -1.70. The summed E-state index contributed by atoms with van der Waals surface area (Å²) < 4.78 is 19.1. The van der Waals surface area contributed by atoms with Gasteiger partial charge >= 0.3 is 0 Å². The number of aliphatic hydroxyl groups is 2. The second-order valence-corrected chi connectivity index (χ2v) is 10.7. The highest BCUT2D eigenvalue weighted by Gasteiger charge is 2.29. The average molecular weight is 557 g/mol. The topological polar surface area (TPSA) is 102 Å². The van der Waals surface area contributed by atoms with E-state index < -0.39 is 6.29 Å². The Bertz CT molecular complexity index is 1550. The van der Waals surface area contributed by atoms with E-state index in [1.165, 1.54) is 27.6 Å². The molecule has 9 heteroatoms. The molecule has 2 aromatic carbocycles. The van der Waals surface area contributed by atoms with Gasteiger partial charge in [0.15, 0.2) is 12.1 Å². The summed E-state index contributed by atoms with van der Waals surface area (Å²) in [6.07, 6.45) is 0.721. The molecule has 0 bridgehead atoms. The molecule has 6 rings (SSSR count). The second-order valence-electron chi connectivity index (χ2n) is 10.7. The second kappa shape index (κ2) is 11.6. The predicted molar refractivity (Wildman–Crippen MR) is 154 cm³/mol. The third-order valence-electron chi connectivity index (χ3n) is 7.92. The van der Waals surface area contributed by atoms with Gasteiger partial charge in [0.05, 0.1) is 43.3 Å². The summed E-state index contributed by atoms with van der Waals surface area (Å²) in [5.74, 6) is 1.53. The number of rotatable bonds is 9. The summed E-state index contributed by atoms with van der Waals surface area (Å²) in [6.45, 7) is 10.6. The Balaban J connectivity index is 1.26. The minimum absolute atomic E-state index is 0.184. The molecule has 2 aliphatic rings. The highest BCUT2D eigenvalue weighted by atomic mass is 16.5. The molecule has 1 fully saturated rings. The van der Waals surface area contributed by atoms with Crippen molar-refractivity contribution in [2.75, 3.05) is 26.4 Å². The van der Waals surface area contributed by atoms with Crippen LogP contribution in [-0.2, 0) is 24.3 Å². The van der Waals surface area contributed by atoms with Gasteiger partial charge in [-0.1, -0.05) is 30.3 Å². The highest BCUT2D eigenvalue weighted by molar-refractivity contribution is 5.69. The van der Waals surface area contributed by atoms with Gasteiger partial charge in [0, 0.05) is 18.7 Å². The zero-order chi connectivity index (χ0) is 28.5. The molecule has 41 heavy (non-hydrogen) atoms. The lowest BCUT2D eigenvalue weighted by molar-refractivity contribution is -0.0695. The molecule has 0 aliphatic carbocycles. The molecule has 4 heterocycles. The maximum Gasteiger partial charge on any atom is 0.226 e. The van der Waals surface area contributed by atoms with Crippen LogP contribution in [0.15, 0.2) is 54.7 Å². The molecule has 214 valence electrons. The number of pyridine rings is 1. The van der Waals surface area contributed by atoms with E-state index in [-0.39, 0.29) is 11.4 Å². The number of nitrogens with zero attached hydrogens (tertiary/aromatic N) is 4. The van der Waals surface area contributed by atoms with Crippen LogP contribution in [0.5, 0.6) is 11.6 Å². The lowest BCUT2D eigenvalue weighted by Gasteiger charge is -2.40. The van der Waals surface area contributed by atoms with Gasteiger partial charge in [-0.2, -0.15) is 9.78 Å². The molecular formula is C32H36N4O5. The minimum Gasteiger partial charge on any atom is -0.488 e. The molecule has 2 aliphatic heterocycles. The van der Waals surface area contributed by atoms with Crippen LogP contribution in [0.2, 0.25) is 0 Å². The van der Waals surface area contributed by atoms with Crippen LogP contribution in [-0.4, -0.2) is 62.3 Å². The number of aryl methyl sites for hydroxylation is 2. The smallest absolute Gasteiger partial charge is 0.226 e. The van der Waals surface area contributed by atoms with Crippen molar-refractivity contribution in [3.8, 4) is 28.7 Å². The number of fused-ring (bicyclic) bond motifs is 1. The first-order valence-corrected chi connectivity index (χ1v) is 14.1. The summed E-state index contributed by atoms with van der Waals surface area (Å²) in [4.78, 5) is 7.40. The normalized spacial score (nSPS) is 15.6. The van der Waals surface area contributed by atoms with E-state index in [9.17, 15) is 10.2 Å². The summed E-state index contributed by atoms with van der Waals surface area (Å²) in [5.41, 5.74) is 8.10. The van der Waals surface area contributed by atoms with Gasteiger partial charge < -0.3 is 24.4 Å². The van der Waals surface area contributed by atoms with Crippen LogP contribution in [0.25, 0.3) is 17.1 Å². The van der Waals surface area contributed by atoms with Gasteiger partial charge in [0.25, 0.3) is 0 Å². The fourth-order valence-electron chi connectivity index (χ4n) is 5.66. The zero-order valence-corrected chi connectivity index (χ0v) is 23.7. The fourth-order valence-corrected chi connectivity index (χ4v) is 5.66. The first-order chi connectivity index (χ1) is 19.9. The van der Waals surface area contributed by atoms with Crippen LogP contribution in [0, 0.1) is 13.8 Å². The number of aromatic nitrogens is 3.